The standard InChI is InChI=1S/C14H22N4O3/c1-10-9-13(20)17-14(15-10)18-6-3-11(4-7-18)16-12(19)5-8-21-2/h9,11H,3-8H2,1-2H3,(H,16,19)(H,15,17,20). The summed E-state index contributed by atoms with van der Waals surface area (Å²) < 4.78 is 4.89. The van der Waals surface area contributed by atoms with E-state index in [0.29, 0.717) is 24.7 Å². The molecule has 0 radical (unpaired) electrons. The predicted octanol–water partition coefficient (Wildman–Crippen LogP) is 0.200. The lowest BCUT2D eigenvalue weighted by Gasteiger charge is -2.32. The zero-order valence-electron chi connectivity index (χ0n) is 12.5. The highest BCUT2D eigenvalue weighted by atomic mass is 16.5. The normalized spacial score (nSPS) is 16.0. The minimum Gasteiger partial charge on any atom is -0.384 e. The summed E-state index contributed by atoms with van der Waals surface area (Å²) in [6, 6.07) is 1.66. The highest BCUT2D eigenvalue weighted by Crippen LogP contribution is 2.15. The van der Waals surface area contributed by atoms with Gasteiger partial charge in [-0.25, -0.2) is 4.98 Å². The van der Waals surface area contributed by atoms with Crippen LogP contribution in [0.4, 0.5) is 5.95 Å². The molecule has 0 aromatic carbocycles. The van der Waals surface area contributed by atoms with E-state index in [1.165, 1.54) is 6.07 Å². The van der Waals surface area contributed by atoms with Crippen molar-refractivity contribution in [2.24, 2.45) is 0 Å². The average molecular weight is 294 g/mol. The number of aryl methyl sites for hydroxylation is 1. The number of carbonyl (C=O) groups excluding carboxylic acids is 1. The molecule has 1 aromatic heterocycles. The quantitative estimate of drug-likeness (QED) is 0.810. The van der Waals surface area contributed by atoms with Gasteiger partial charge < -0.3 is 15.0 Å². The zero-order chi connectivity index (χ0) is 15.2. The number of piperidine rings is 1. The van der Waals surface area contributed by atoms with Crippen molar-refractivity contribution in [2.45, 2.75) is 32.2 Å². The lowest BCUT2D eigenvalue weighted by Crippen LogP contribution is -2.45. The summed E-state index contributed by atoms with van der Waals surface area (Å²) in [6.07, 6.45) is 2.08. The monoisotopic (exact) mass is 294 g/mol. The predicted molar refractivity (Wildman–Crippen MR) is 79.5 cm³/mol. The Morgan fingerprint density at radius 2 is 2.24 bits per heavy atom. The number of carbonyl (C=O) groups is 1. The van der Waals surface area contributed by atoms with Crippen LogP contribution < -0.4 is 15.8 Å². The maximum absolute atomic E-state index is 11.6. The molecule has 1 aliphatic heterocycles. The third-order valence-electron chi connectivity index (χ3n) is 3.55. The first-order valence-corrected chi connectivity index (χ1v) is 7.19. The number of rotatable bonds is 5. The van der Waals surface area contributed by atoms with Gasteiger partial charge in [-0.2, -0.15) is 0 Å². The molecule has 7 heteroatoms. The number of methoxy groups -OCH3 is 1. The number of nitrogens with one attached hydrogen (secondary N) is 2. The molecule has 1 amide bonds. The second-order valence-corrected chi connectivity index (χ2v) is 5.28. The Labute approximate surface area is 123 Å². The number of ether oxygens (including phenoxy) is 1. The van der Waals surface area contributed by atoms with Gasteiger partial charge in [0.05, 0.1) is 6.61 Å². The van der Waals surface area contributed by atoms with Gasteiger partial charge in [0.15, 0.2) is 0 Å². The fraction of sp³-hybridized carbons (Fsp3) is 0.643. The van der Waals surface area contributed by atoms with E-state index in [9.17, 15) is 9.59 Å². The number of aromatic amines is 1. The van der Waals surface area contributed by atoms with Gasteiger partial charge in [0.25, 0.3) is 5.56 Å². The summed E-state index contributed by atoms with van der Waals surface area (Å²) in [6.45, 7) is 3.78. The highest BCUT2D eigenvalue weighted by molar-refractivity contribution is 5.76. The van der Waals surface area contributed by atoms with Crippen molar-refractivity contribution >= 4 is 11.9 Å². The second kappa shape index (κ2) is 7.21. The molecule has 21 heavy (non-hydrogen) atoms. The van der Waals surface area contributed by atoms with Crippen molar-refractivity contribution < 1.29 is 9.53 Å². The van der Waals surface area contributed by atoms with Gasteiger partial charge in [0, 0.05) is 44.4 Å². The van der Waals surface area contributed by atoms with E-state index in [4.69, 9.17) is 4.74 Å². The number of amides is 1. The van der Waals surface area contributed by atoms with E-state index in [2.05, 4.69) is 15.3 Å². The fourth-order valence-corrected chi connectivity index (χ4v) is 2.44. The summed E-state index contributed by atoms with van der Waals surface area (Å²) in [5.74, 6) is 0.640. The summed E-state index contributed by atoms with van der Waals surface area (Å²) in [7, 11) is 1.58. The van der Waals surface area contributed by atoms with Gasteiger partial charge in [-0.3, -0.25) is 14.6 Å². The second-order valence-electron chi connectivity index (χ2n) is 5.28. The maximum atomic E-state index is 11.6. The number of H-pyrrole nitrogens is 1. The molecule has 7 nitrogen and oxygen atoms in total. The van der Waals surface area contributed by atoms with E-state index >= 15 is 0 Å². The molecule has 1 fully saturated rings. The Bertz CT molecular complexity index is 535. The fourth-order valence-electron chi connectivity index (χ4n) is 2.44. The van der Waals surface area contributed by atoms with Crippen LogP contribution in [-0.2, 0) is 9.53 Å². The van der Waals surface area contributed by atoms with E-state index in [1.54, 1.807) is 7.11 Å². The molecule has 0 spiro atoms. The zero-order valence-corrected chi connectivity index (χ0v) is 12.5. The van der Waals surface area contributed by atoms with Crippen molar-refractivity contribution in [3.8, 4) is 0 Å². The molecule has 1 aromatic rings. The average Bonchev–Trinajstić information content (AvgIpc) is 2.45. The summed E-state index contributed by atoms with van der Waals surface area (Å²) in [5, 5.41) is 3.01. The lowest BCUT2D eigenvalue weighted by molar-refractivity contribution is -0.122. The van der Waals surface area contributed by atoms with Gasteiger partial charge >= 0.3 is 0 Å². The maximum Gasteiger partial charge on any atom is 0.252 e. The Hall–Kier alpha value is -1.89. The number of hydrogen-bond donors (Lipinski definition) is 2. The van der Waals surface area contributed by atoms with Gasteiger partial charge in [-0.1, -0.05) is 0 Å². The molecule has 116 valence electrons. The highest BCUT2D eigenvalue weighted by Gasteiger charge is 2.22. The Kier molecular flexibility index (Phi) is 5.32. The molecule has 2 N–H and O–H groups in total. The molecule has 0 unspecified atom stereocenters. The van der Waals surface area contributed by atoms with Crippen LogP contribution in [0.3, 0.4) is 0 Å². The number of aromatic nitrogens is 2. The number of anilines is 1. The molecule has 0 saturated carbocycles. The van der Waals surface area contributed by atoms with Crippen molar-refractivity contribution in [3.63, 3.8) is 0 Å². The SMILES string of the molecule is COCCC(=O)NC1CCN(c2nc(C)cc(=O)[nH]2)CC1. The topological polar surface area (TPSA) is 87.3 Å². The molecule has 1 aliphatic rings. The molecule has 1 saturated heterocycles. The number of nitrogens with zero attached hydrogens (tertiary/aromatic N) is 2. The first-order chi connectivity index (χ1) is 10.1. The van der Waals surface area contributed by atoms with Crippen LogP contribution in [0, 0.1) is 6.92 Å². The van der Waals surface area contributed by atoms with Crippen molar-refractivity contribution in [2.75, 3.05) is 31.7 Å². The molecule has 0 bridgehead atoms. The smallest absolute Gasteiger partial charge is 0.252 e. The molecule has 2 heterocycles. The van der Waals surface area contributed by atoms with Crippen LogP contribution in [0.15, 0.2) is 10.9 Å². The van der Waals surface area contributed by atoms with Crippen LogP contribution in [0.25, 0.3) is 0 Å². The summed E-state index contributed by atoms with van der Waals surface area (Å²) in [4.78, 5) is 32.3. The molecular formula is C14H22N4O3. The van der Waals surface area contributed by atoms with E-state index < -0.39 is 0 Å². The molecule has 2 rings (SSSR count). The van der Waals surface area contributed by atoms with E-state index in [1.807, 2.05) is 11.8 Å². The van der Waals surface area contributed by atoms with Gasteiger partial charge in [0.1, 0.15) is 0 Å². The van der Waals surface area contributed by atoms with Crippen molar-refractivity contribution in [1.82, 2.24) is 15.3 Å². The van der Waals surface area contributed by atoms with E-state index in [-0.39, 0.29) is 17.5 Å². The van der Waals surface area contributed by atoms with Gasteiger partial charge in [0.2, 0.25) is 11.9 Å². The van der Waals surface area contributed by atoms with Gasteiger partial charge in [-0.05, 0) is 19.8 Å². The van der Waals surface area contributed by atoms with Crippen LogP contribution >= 0.6 is 0 Å². The van der Waals surface area contributed by atoms with Crippen molar-refractivity contribution in [3.05, 3.63) is 22.1 Å². The Morgan fingerprint density at radius 3 is 2.86 bits per heavy atom. The van der Waals surface area contributed by atoms with Crippen LogP contribution in [0.5, 0.6) is 0 Å². The third-order valence-corrected chi connectivity index (χ3v) is 3.55. The molecular weight excluding hydrogens is 272 g/mol. The Morgan fingerprint density at radius 1 is 1.52 bits per heavy atom. The summed E-state index contributed by atoms with van der Waals surface area (Å²) in [5.41, 5.74) is 0.580. The summed E-state index contributed by atoms with van der Waals surface area (Å²) >= 11 is 0. The largest absolute Gasteiger partial charge is 0.384 e. The van der Waals surface area contributed by atoms with Gasteiger partial charge in [-0.15, -0.1) is 0 Å². The van der Waals surface area contributed by atoms with Crippen LogP contribution in [0.1, 0.15) is 25.0 Å². The Balaban J connectivity index is 1.85. The first kappa shape index (κ1) is 15.5. The number of hydrogen-bond acceptors (Lipinski definition) is 5. The third kappa shape index (κ3) is 4.56. The minimum atomic E-state index is -0.132. The van der Waals surface area contributed by atoms with E-state index in [0.717, 1.165) is 25.9 Å². The first-order valence-electron chi connectivity index (χ1n) is 7.19. The van der Waals surface area contributed by atoms with Crippen molar-refractivity contribution in [1.29, 1.82) is 0 Å². The molecule has 0 aliphatic carbocycles. The lowest BCUT2D eigenvalue weighted by atomic mass is 10.1. The minimum absolute atomic E-state index is 0.0254. The van der Waals surface area contributed by atoms with Crippen LogP contribution in [0.2, 0.25) is 0 Å². The molecule has 0 atom stereocenters. The van der Waals surface area contributed by atoms with Crippen LogP contribution in [-0.4, -0.2) is 48.7 Å².